The van der Waals surface area contributed by atoms with Crippen molar-refractivity contribution in [1.82, 2.24) is 0 Å². The van der Waals surface area contributed by atoms with E-state index in [9.17, 15) is 26.4 Å². The number of benzene rings is 1. The zero-order valence-corrected chi connectivity index (χ0v) is 12.9. The van der Waals surface area contributed by atoms with Crippen molar-refractivity contribution in [1.29, 1.82) is 0 Å². The molecular formula is C13H13ClF3NO3S. The SMILES string of the molecule is O=C(CC1CCS(=O)(=O)C1)Nc1ccc(Cl)c(C(F)(F)F)c1. The lowest BCUT2D eigenvalue weighted by atomic mass is 10.0. The molecule has 0 saturated carbocycles. The van der Waals surface area contributed by atoms with E-state index in [2.05, 4.69) is 5.32 Å². The van der Waals surface area contributed by atoms with Gasteiger partial charge >= 0.3 is 6.18 Å². The number of alkyl halides is 3. The number of rotatable bonds is 3. The minimum absolute atomic E-state index is 0.0254. The summed E-state index contributed by atoms with van der Waals surface area (Å²) in [5.41, 5.74) is -1.06. The highest BCUT2D eigenvalue weighted by atomic mass is 35.5. The Labute approximate surface area is 130 Å². The predicted molar refractivity (Wildman–Crippen MR) is 76.5 cm³/mol. The molecule has 1 aromatic carbocycles. The van der Waals surface area contributed by atoms with Crippen molar-refractivity contribution in [2.75, 3.05) is 16.8 Å². The summed E-state index contributed by atoms with van der Waals surface area (Å²) in [6.45, 7) is 0. The first kappa shape index (κ1) is 17.1. The molecular weight excluding hydrogens is 343 g/mol. The Kier molecular flexibility index (Phi) is 4.72. The van der Waals surface area contributed by atoms with Crippen LogP contribution in [0.3, 0.4) is 0 Å². The quantitative estimate of drug-likeness (QED) is 0.906. The molecule has 0 radical (unpaired) electrons. The van der Waals surface area contributed by atoms with E-state index in [-0.39, 0.29) is 29.5 Å². The summed E-state index contributed by atoms with van der Waals surface area (Å²) in [5.74, 6) is -0.823. The molecule has 1 fully saturated rings. The third-order valence-corrected chi connectivity index (χ3v) is 5.52. The molecule has 1 amide bonds. The fraction of sp³-hybridized carbons (Fsp3) is 0.462. The van der Waals surface area contributed by atoms with Gasteiger partial charge in [-0.05, 0) is 30.5 Å². The molecule has 1 atom stereocenters. The van der Waals surface area contributed by atoms with Gasteiger partial charge in [-0.15, -0.1) is 0 Å². The largest absolute Gasteiger partial charge is 0.417 e. The second kappa shape index (κ2) is 6.08. The maximum atomic E-state index is 12.7. The Morgan fingerprint density at radius 1 is 1.36 bits per heavy atom. The average molecular weight is 356 g/mol. The van der Waals surface area contributed by atoms with Gasteiger partial charge in [-0.1, -0.05) is 11.6 Å². The summed E-state index contributed by atoms with van der Waals surface area (Å²) in [6, 6.07) is 3.08. The molecule has 1 unspecified atom stereocenters. The van der Waals surface area contributed by atoms with Crippen molar-refractivity contribution in [2.45, 2.75) is 19.0 Å². The predicted octanol–water partition coefficient (Wildman–Crippen LogP) is 3.12. The van der Waals surface area contributed by atoms with Crippen LogP contribution >= 0.6 is 11.6 Å². The van der Waals surface area contributed by atoms with Gasteiger partial charge in [0.05, 0.1) is 22.1 Å². The third-order valence-electron chi connectivity index (χ3n) is 3.36. The van der Waals surface area contributed by atoms with E-state index in [0.717, 1.165) is 12.1 Å². The molecule has 1 saturated heterocycles. The van der Waals surface area contributed by atoms with Gasteiger partial charge in [-0.2, -0.15) is 13.2 Å². The number of amides is 1. The van der Waals surface area contributed by atoms with Crippen LogP contribution in [0.5, 0.6) is 0 Å². The number of carbonyl (C=O) groups is 1. The molecule has 0 aliphatic carbocycles. The van der Waals surface area contributed by atoms with Crippen molar-refractivity contribution in [3.63, 3.8) is 0 Å². The molecule has 9 heteroatoms. The van der Waals surface area contributed by atoms with Crippen LogP contribution in [-0.2, 0) is 20.8 Å². The fourth-order valence-electron chi connectivity index (χ4n) is 2.33. The van der Waals surface area contributed by atoms with E-state index in [1.54, 1.807) is 0 Å². The molecule has 4 nitrogen and oxygen atoms in total. The fourth-order valence-corrected chi connectivity index (χ4v) is 4.41. The van der Waals surface area contributed by atoms with E-state index in [1.165, 1.54) is 6.07 Å². The van der Waals surface area contributed by atoms with Crippen LogP contribution in [0.15, 0.2) is 18.2 Å². The van der Waals surface area contributed by atoms with Crippen molar-refractivity contribution in [3.8, 4) is 0 Å². The Bertz CT molecular complexity index is 688. The van der Waals surface area contributed by atoms with Crippen molar-refractivity contribution in [3.05, 3.63) is 28.8 Å². The number of hydrogen-bond donors (Lipinski definition) is 1. The second-order valence-corrected chi connectivity index (χ2v) is 7.85. The summed E-state index contributed by atoms with van der Waals surface area (Å²) < 4.78 is 60.7. The van der Waals surface area contributed by atoms with Crippen LogP contribution in [-0.4, -0.2) is 25.8 Å². The summed E-state index contributed by atoms with van der Waals surface area (Å²) in [6.07, 6.45) is -4.26. The normalized spacial score (nSPS) is 20.8. The van der Waals surface area contributed by atoms with Gasteiger partial charge in [0.2, 0.25) is 5.91 Å². The molecule has 22 heavy (non-hydrogen) atoms. The Balaban J connectivity index is 2.03. The van der Waals surface area contributed by atoms with Gasteiger partial charge in [0.15, 0.2) is 9.84 Å². The number of hydrogen-bond acceptors (Lipinski definition) is 3. The maximum absolute atomic E-state index is 12.7. The second-order valence-electron chi connectivity index (χ2n) is 5.21. The molecule has 1 N–H and O–H groups in total. The van der Waals surface area contributed by atoms with Crippen LogP contribution in [0.1, 0.15) is 18.4 Å². The minimum atomic E-state index is -4.61. The molecule has 2 rings (SSSR count). The van der Waals surface area contributed by atoms with Crippen molar-refractivity contribution >= 4 is 33.0 Å². The van der Waals surface area contributed by atoms with Gasteiger partial charge in [-0.3, -0.25) is 4.79 Å². The first-order chi connectivity index (χ1) is 10.1. The average Bonchev–Trinajstić information content (AvgIpc) is 2.69. The van der Waals surface area contributed by atoms with Crippen LogP contribution in [0.4, 0.5) is 18.9 Å². The van der Waals surface area contributed by atoms with Crippen LogP contribution in [0, 0.1) is 5.92 Å². The molecule has 1 heterocycles. The number of carbonyl (C=O) groups excluding carboxylic acids is 1. The topological polar surface area (TPSA) is 63.2 Å². The molecule has 0 spiro atoms. The molecule has 0 bridgehead atoms. The standard InChI is InChI=1S/C13H13ClF3NO3S/c14-11-2-1-9(6-10(11)13(15,16)17)18-12(19)5-8-3-4-22(20,21)7-8/h1-2,6,8H,3-5,7H2,(H,18,19). The molecule has 1 aromatic rings. The molecule has 1 aliphatic heterocycles. The van der Waals surface area contributed by atoms with Crippen LogP contribution in [0.25, 0.3) is 0 Å². The van der Waals surface area contributed by atoms with Gasteiger partial charge in [0.25, 0.3) is 0 Å². The lowest BCUT2D eigenvalue weighted by Crippen LogP contribution is -2.18. The van der Waals surface area contributed by atoms with E-state index in [4.69, 9.17) is 11.6 Å². The minimum Gasteiger partial charge on any atom is -0.326 e. The number of halogens is 4. The lowest BCUT2D eigenvalue weighted by Gasteiger charge is -2.12. The Morgan fingerprint density at radius 2 is 2.05 bits per heavy atom. The van der Waals surface area contributed by atoms with Gasteiger partial charge in [0, 0.05) is 12.1 Å². The Morgan fingerprint density at radius 3 is 2.59 bits per heavy atom. The smallest absolute Gasteiger partial charge is 0.326 e. The van der Waals surface area contributed by atoms with Crippen molar-refractivity contribution in [2.24, 2.45) is 5.92 Å². The monoisotopic (exact) mass is 355 g/mol. The maximum Gasteiger partial charge on any atom is 0.417 e. The lowest BCUT2D eigenvalue weighted by molar-refractivity contribution is -0.137. The van der Waals surface area contributed by atoms with Crippen LogP contribution in [0.2, 0.25) is 5.02 Å². The number of anilines is 1. The van der Waals surface area contributed by atoms with Crippen molar-refractivity contribution < 1.29 is 26.4 Å². The van der Waals surface area contributed by atoms with E-state index in [1.807, 2.05) is 0 Å². The van der Waals surface area contributed by atoms with E-state index in [0.29, 0.717) is 6.42 Å². The highest BCUT2D eigenvalue weighted by Crippen LogP contribution is 2.36. The zero-order valence-electron chi connectivity index (χ0n) is 11.3. The first-order valence-corrected chi connectivity index (χ1v) is 8.64. The third kappa shape index (κ3) is 4.36. The first-order valence-electron chi connectivity index (χ1n) is 6.44. The Hall–Kier alpha value is -1.28. The summed E-state index contributed by atoms with van der Waals surface area (Å²) in [4.78, 5) is 11.8. The summed E-state index contributed by atoms with van der Waals surface area (Å²) in [5, 5.41) is 1.89. The molecule has 1 aliphatic rings. The molecule has 0 aromatic heterocycles. The highest BCUT2D eigenvalue weighted by Gasteiger charge is 2.34. The highest BCUT2D eigenvalue weighted by molar-refractivity contribution is 7.91. The number of sulfone groups is 1. The van der Waals surface area contributed by atoms with Gasteiger partial charge in [-0.25, -0.2) is 8.42 Å². The summed E-state index contributed by atoms with van der Waals surface area (Å²) >= 11 is 5.49. The summed E-state index contributed by atoms with van der Waals surface area (Å²) in [7, 11) is -3.09. The molecule has 122 valence electrons. The van der Waals surface area contributed by atoms with E-state index >= 15 is 0 Å². The van der Waals surface area contributed by atoms with Gasteiger partial charge < -0.3 is 5.32 Å². The zero-order chi connectivity index (χ0) is 16.5. The number of nitrogens with one attached hydrogen (secondary N) is 1. The van der Waals surface area contributed by atoms with E-state index < -0.39 is 32.5 Å². The van der Waals surface area contributed by atoms with Crippen LogP contribution < -0.4 is 5.32 Å². The van der Waals surface area contributed by atoms with Gasteiger partial charge in [0.1, 0.15) is 0 Å².